The molecule has 0 amide bonds. The lowest BCUT2D eigenvalue weighted by Gasteiger charge is -2.31. The number of likely N-dealkylation sites (tertiary alicyclic amines) is 1. The third kappa shape index (κ3) is 4.91. The monoisotopic (exact) mass is 230 g/mol. The highest BCUT2D eigenvalue weighted by molar-refractivity contribution is 7.80. The van der Waals surface area contributed by atoms with E-state index in [-0.39, 0.29) is 0 Å². The van der Waals surface area contributed by atoms with E-state index in [1.165, 1.54) is 0 Å². The lowest BCUT2D eigenvalue weighted by atomic mass is 9.97. The summed E-state index contributed by atoms with van der Waals surface area (Å²) in [6.45, 7) is 8.20. The lowest BCUT2D eigenvalue weighted by molar-refractivity contribution is 0.0533. The van der Waals surface area contributed by atoms with Crippen LogP contribution >= 0.6 is 12.2 Å². The molecule has 15 heavy (non-hydrogen) atoms. The van der Waals surface area contributed by atoms with Crippen molar-refractivity contribution < 1.29 is 4.74 Å². The Morgan fingerprint density at radius 1 is 1.47 bits per heavy atom. The Labute approximate surface area is 98.0 Å². The van der Waals surface area contributed by atoms with E-state index >= 15 is 0 Å². The van der Waals surface area contributed by atoms with Crippen molar-refractivity contribution >= 4 is 17.2 Å². The van der Waals surface area contributed by atoms with Crippen LogP contribution in [-0.2, 0) is 4.74 Å². The fourth-order valence-corrected chi connectivity index (χ4v) is 2.09. The predicted molar refractivity (Wildman–Crippen MR) is 67.0 cm³/mol. The van der Waals surface area contributed by atoms with Crippen LogP contribution in [0.2, 0.25) is 0 Å². The van der Waals surface area contributed by atoms with Gasteiger partial charge in [0.25, 0.3) is 0 Å². The first-order chi connectivity index (χ1) is 7.09. The Kier molecular flexibility index (Phi) is 5.50. The zero-order valence-electron chi connectivity index (χ0n) is 9.74. The summed E-state index contributed by atoms with van der Waals surface area (Å²) in [5.41, 5.74) is 5.64. The summed E-state index contributed by atoms with van der Waals surface area (Å²) >= 11 is 5.01. The second-order valence-electron chi connectivity index (χ2n) is 4.44. The van der Waals surface area contributed by atoms with Crippen LogP contribution in [0.25, 0.3) is 0 Å². The first kappa shape index (κ1) is 12.9. The topological polar surface area (TPSA) is 38.5 Å². The molecule has 1 aliphatic heterocycles. The molecule has 0 spiro atoms. The minimum atomic E-state index is 0.333. The number of hydrogen-bond donors (Lipinski definition) is 1. The van der Waals surface area contributed by atoms with Gasteiger partial charge in [-0.1, -0.05) is 12.2 Å². The largest absolute Gasteiger partial charge is 0.393 e. The van der Waals surface area contributed by atoms with Gasteiger partial charge in [0.1, 0.15) is 0 Å². The third-order valence-corrected chi connectivity index (χ3v) is 3.18. The quantitative estimate of drug-likeness (QED) is 0.725. The van der Waals surface area contributed by atoms with Crippen molar-refractivity contribution in [3.63, 3.8) is 0 Å². The number of thiocarbonyl (C=S) groups is 1. The molecule has 0 unspecified atom stereocenters. The van der Waals surface area contributed by atoms with Crippen LogP contribution in [-0.4, -0.2) is 42.2 Å². The normalized spacial score (nSPS) is 19.7. The summed E-state index contributed by atoms with van der Waals surface area (Å²) in [7, 11) is 0. The van der Waals surface area contributed by atoms with Crippen LogP contribution in [0.5, 0.6) is 0 Å². The Hall–Kier alpha value is -0.190. The van der Waals surface area contributed by atoms with Crippen LogP contribution in [0.15, 0.2) is 0 Å². The maximum atomic E-state index is 5.64. The number of ether oxygens (including phenoxy) is 1. The molecule has 1 heterocycles. The van der Waals surface area contributed by atoms with Gasteiger partial charge in [-0.05, 0) is 39.8 Å². The van der Waals surface area contributed by atoms with Crippen molar-refractivity contribution in [3.05, 3.63) is 0 Å². The predicted octanol–water partition coefficient (Wildman–Crippen LogP) is 1.41. The first-order valence-corrected chi connectivity index (χ1v) is 6.13. The minimum Gasteiger partial charge on any atom is -0.393 e. The fraction of sp³-hybridized carbons (Fsp3) is 0.909. The lowest BCUT2D eigenvalue weighted by Crippen LogP contribution is -2.39. The van der Waals surface area contributed by atoms with E-state index in [2.05, 4.69) is 18.7 Å². The molecular formula is C11H22N2OS. The number of hydrogen-bond acceptors (Lipinski definition) is 3. The molecule has 0 aliphatic carbocycles. The summed E-state index contributed by atoms with van der Waals surface area (Å²) in [5, 5.41) is 0. The molecule has 1 fully saturated rings. The van der Waals surface area contributed by atoms with Crippen molar-refractivity contribution in [3.8, 4) is 0 Å². The second kappa shape index (κ2) is 6.40. The van der Waals surface area contributed by atoms with Crippen molar-refractivity contribution in [1.29, 1.82) is 0 Å². The molecule has 3 nitrogen and oxygen atoms in total. The molecule has 0 aromatic heterocycles. The molecule has 1 saturated heterocycles. The molecule has 0 aromatic carbocycles. The van der Waals surface area contributed by atoms with E-state index in [1.54, 1.807) is 0 Å². The van der Waals surface area contributed by atoms with Crippen LogP contribution in [0, 0.1) is 5.92 Å². The molecule has 0 saturated carbocycles. The average molecular weight is 230 g/mol. The summed E-state index contributed by atoms with van der Waals surface area (Å²) in [5.74, 6) is 0.460. The van der Waals surface area contributed by atoms with Gasteiger partial charge in [-0.25, -0.2) is 0 Å². The Morgan fingerprint density at radius 3 is 2.53 bits per heavy atom. The Balaban J connectivity index is 2.12. The van der Waals surface area contributed by atoms with E-state index in [0.717, 1.165) is 39.1 Å². The van der Waals surface area contributed by atoms with E-state index < -0.39 is 0 Å². The molecule has 0 bridgehead atoms. The number of piperidine rings is 1. The molecule has 0 aromatic rings. The maximum Gasteiger partial charge on any atom is 0.0759 e. The van der Waals surface area contributed by atoms with Crippen LogP contribution in [0.4, 0.5) is 0 Å². The summed E-state index contributed by atoms with van der Waals surface area (Å²) in [4.78, 5) is 3.12. The molecule has 0 atom stereocenters. The molecule has 1 rings (SSSR count). The van der Waals surface area contributed by atoms with Gasteiger partial charge in [0, 0.05) is 12.5 Å². The van der Waals surface area contributed by atoms with Crippen molar-refractivity contribution in [1.82, 2.24) is 4.90 Å². The molecule has 1 aliphatic rings. The first-order valence-electron chi connectivity index (χ1n) is 5.73. The number of nitrogens with two attached hydrogens (primary N) is 1. The van der Waals surface area contributed by atoms with Crippen LogP contribution in [0.3, 0.4) is 0 Å². The van der Waals surface area contributed by atoms with Gasteiger partial charge in [-0.3, -0.25) is 0 Å². The number of nitrogens with zero attached hydrogens (tertiary/aromatic N) is 1. The molecule has 88 valence electrons. The van der Waals surface area contributed by atoms with E-state index in [1.807, 2.05) is 0 Å². The van der Waals surface area contributed by atoms with Crippen LogP contribution < -0.4 is 5.73 Å². The van der Waals surface area contributed by atoms with E-state index in [0.29, 0.717) is 17.0 Å². The third-order valence-electron chi connectivity index (χ3n) is 2.85. The van der Waals surface area contributed by atoms with Gasteiger partial charge in [0.05, 0.1) is 17.7 Å². The van der Waals surface area contributed by atoms with Gasteiger partial charge in [0.15, 0.2) is 0 Å². The smallest absolute Gasteiger partial charge is 0.0759 e. The summed E-state index contributed by atoms with van der Waals surface area (Å²) < 4.78 is 5.53. The van der Waals surface area contributed by atoms with E-state index in [9.17, 15) is 0 Å². The standard InChI is InChI=1S/C11H22N2OS/c1-9(2)14-8-7-13-5-3-10(4-6-13)11(12)15/h9-10H,3-8H2,1-2H3,(H2,12,15). The molecule has 2 N–H and O–H groups in total. The average Bonchev–Trinajstić information content (AvgIpc) is 2.18. The molecule has 4 heteroatoms. The number of rotatable bonds is 5. The van der Waals surface area contributed by atoms with Gasteiger partial charge in [-0.15, -0.1) is 0 Å². The van der Waals surface area contributed by atoms with Crippen molar-refractivity contribution in [2.24, 2.45) is 11.7 Å². The highest BCUT2D eigenvalue weighted by Crippen LogP contribution is 2.16. The Bertz CT molecular complexity index is 201. The van der Waals surface area contributed by atoms with Gasteiger partial charge >= 0.3 is 0 Å². The van der Waals surface area contributed by atoms with E-state index in [4.69, 9.17) is 22.7 Å². The van der Waals surface area contributed by atoms with Crippen LogP contribution in [0.1, 0.15) is 26.7 Å². The molecular weight excluding hydrogens is 208 g/mol. The zero-order chi connectivity index (χ0) is 11.3. The van der Waals surface area contributed by atoms with Crippen molar-refractivity contribution in [2.75, 3.05) is 26.2 Å². The highest BCUT2D eigenvalue weighted by atomic mass is 32.1. The second-order valence-corrected chi connectivity index (χ2v) is 4.91. The maximum absolute atomic E-state index is 5.64. The minimum absolute atomic E-state index is 0.333. The zero-order valence-corrected chi connectivity index (χ0v) is 10.6. The summed E-state index contributed by atoms with van der Waals surface area (Å²) in [6.07, 6.45) is 2.55. The molecule has 0 radical (unpaired) electrons. The fourth-order valence-electron chi connectivity index (χ4n) is 1.86. The highest BCUT2D eigenvalue weighted by Gasteiger charge is 2.20. The summed E-state index contributed by atoms with van der Waals surface area (Å²) in [6, 6.07) is 0. The van der Waals surface area contributed by atoms with Gasteiger partial charge in [0.2, 0.25) is 0 Å². The van der Waals surface area contributed by atoms with Gasteiger partial charge in [-0.2, -0.15) is 0 Å². The van der Waals surface area contributed by atoms with Gasteiger partial charge < -0.3 is 15.4 Å². The SMILES string of the molecule is CC(C)OCCN1CCC(C(N)=S)CC1. The van der Waals surface area contributed by atoms with Crippen molar-refractivity contribution in [2.45, 2.75) is 32.8 Å². The Morgan fingerprint density at radius 2 is 2.07 bits per heavy atom.